The minimum absolute atomic E-state index is 0.00798. The van der Waals surface area contributed by atoms with Crippen LogP contribution in [0.3, 0.4) is 0 Å². The molecule has 26 heavy (non-hydrogen) atoms. The first-order valence-corrected chi connectivity index (χ1v) is 9.32. The van der Waals surface area contributed by atoms with Gasteiger partial charge in [0.1, 0.15) is 0 Å². The number of amides is 1. The van der Waals surface area contributed by atoms with E-state index in [1.807, 2.05) is 45.0 Å². The molecule has 1 heterocycles. The van der Waals surface area contributed by atoms with Crippen LogP contribution in [0.1, 0.15) is 39.2 Å². The second-order valence-electron chi connectivity index (χ2n) is 8.21. The number of piperidine rings is 1. The largest absolute Gasteiger partial charge is 0.395 e. The fraction of sp³-hybridized carbons (Fsp3) is 0.650. The number of hydrogen-bond acceptors (Lipinski definition) is 5. The van der Waals surface area contributed by atoms with Crippen molar-refractivity contribution in [3.63, 3.8) is 0 Å². The molecule has 0 aliphatic carbocycles. The number of benzene rings is 1. The molecule has 1 aliphatic rings. The fourth-order valence-corrected chi connectivity index (χ4v) is 3.12. The third-order valence-corrected chi connectivity index (χ3v) is 4.91. The highest BCUT2D eigenvalue weighted by atomic mass is 16.3. The lowest BCUT2D eigenvalue weighted by molar-refractivity contribution is -0.123. The molecule has 1 saturated heterocycles. The first kappa shape index (κ1) is 20.8. The van der Waals surface area contributed by atoms with Gasteiger partial charge >= 0.3 is 0 Å². The van der Waals surface area contributed by atoms with E-state index in [1.165, 1.54) is 5.56 Å². The summed E-state index contributed by atoms with van der Waals surface area (Å²) in [5, 5.41) is 31.9. The topological polar surface area (TPSA) is 93.0 Å². The first-order valence-electron chi connectivity index (χ1n) is 9.32. The van der Waals surface area contributed by atoms with Gasteiger partial charge in [0.05, 0.1) is 18.8 Å². The fourth-order valence-electron chi connectivity index (χ4n) is 3.12. The molecule has 146 valence electrons. The lowest BCUT2D eigenvalue weighted by Crippen LogP contribution is -2.53. The van der Waals surface area contributed by atoms with Gasteiger partial charge in [0.15, 0.2) is 0 Å². The number of carbonyl (C=O) groups is 1. The van der Waals surface area contributed by atoms with Gasteiger partial charge in [-0.1, -0.05) is 32.9 Å². The van der Waals surface area contributed by atoms with E-state index in [2.05, 4.69) is 10.2 Å². The molecule has 0 bridgehead atoms. The Labute approximate surface area is 155 Å². The summed E-state index contributed by atoms with van der Waals surface area (Å²) < 4.78 is 0. The van der Waals surface area contributed by atoms with Crippen molar-refractivity contribution in [3.05, 3.63) is 29.8 Å². The number of aryl methyl sites for hydroxylation is 1. The average Bonchev–Trinajstić information content (AvgIpc) is 2.58. The van der Waals surface area contributed by atoms with Crippen LogP contribution in [0.2, 0.25) is 0 Å². The van der Waals surface area contributed by atoms with E-state index in [4.69, 9.17) is 0 Å². The summed E-state index contributed by atoms with van der Waals surface area (Å²) in [7, 11) is 0. The van der Waals surface area contributed by atoms with Gasteiger partial charge in [-0.15, -0.1) is 0 Å². The van der Waals surface area contributed by atoms with Crippen LogP contribution in [-0.2, 0) is 11.2 Å². The summed E-state index contributed by atoms with van der Waals surface area (Å²) >= 11 is 0. The van der Waals surface area contributed by atoms with E-state index >= 15 is 0 Å². The number of aliphatic hydroxyl groups is 3. The molecule has 1 amide bonds. The number of likely N-dealkylation sites (tertiary alicyclic amines) is 1. The Hall–Kier alpha value is -1.47. The minimum Gasteiger partial charge on any atom is -0.395 e. The monoisotopic (exact) mass is 364 g/mol. The van der Waals surface area contributed by atoms with Gasteiger partial charge in [0.2, 0.25) is 5.91 Å². The maximum absolute atomic E-state index is 12.0. The molecule has 1 aliphatic heterocycles. The molecule has 1 aromatic carbocycles. The molecule has 2 unspecified atom stereocenters. The van der Waals surface area contributed by atoms with Crippen molar-refractivity contribution in [1.29, 1.82) is 0 Å². The number of carbonyl (C=O) groups excluding carboxylic acids is 1. The van der Waals surface area contributed by atoms with Crippen LogP contribution >= 0.6 is 0 Å². The number of anilines is 1. The standard InChI is InChI=1S/C20H32N2O4/c1-20(2,3)19(26)21-15-8-6-14(7-9-15)5-4-10-22-12-18(25)17(24)11-16(22)13-23/h6-9,16-18,23-25H,4-5,10-13H2,1-3H3,(H,21,26)/t16?,17?,18-/m0/s1. The molecule has 0 radical (unpaired) electrons. The Morgan fingerprint density at radius 1 is 1.19 bits per heavy atom. The molecule has 0 saturated carbocycles. The Bertz CT molecular complexity index is 582. The van der Waals surface area contributed by atoms with Gasteiger partial charge in [-0.25, -0.2) is 0 Å². The highest BCUT2D eigenvalue weighted by Crippen LogP contribution is 2.20. The average molecular weight is 364 g/mol. The van der Waals surface area contributed by atoms with Gasteiger partial charge in [-0.2, -0.15) is 0 Å². The SMILES string of the molecule is CC(C)(C)C(=O)Nc1ccc(CCCN2C[C@H](O)C(O)CC2CO)cc1. The van der Waals surface area contributed by atoms with Gasteiger partial charge in [-0.3, -0.25) is 9.69 Å². The quantitative estimate of drug-likeness (QED) is 0.612. The molecule has 1 fully saturated rings. The molecule has 4 N–H and O–H groups in total. The van der Waals surface area contributed by atoms with Crippen molar-refractivity contribution in [2.45, 2.75) is 58.3 Å². The van der Waals surface area contributed by atoms with E-state index in [1.54, 1.807) is 0 Å². The van der Waals surface area contributed by atoms with Gasteiger partial charge in [0.25, 0.3) is 0 Å². The molecule has 0 spiro atoms. The van der Waals surface area contributed by atoms with Gasteiger partial charge in [0, 0.05) is 23.7 Å². The third-order valence-electron chi connectivity index (χ3n) is 4.91. The minimum atomic E-state index is -0.751. The highest BCUT2D eigenvalue weighted by molar-refractivity contribution is 5.94. The lowest BCUT2D eigenvalue weighted by atomic mass is 9.95. The number of nitrogens with one attached hydrogen (secondary N) is 1. The maximum Gasteiger partial charge on any atom is 0.229 e. The van der Waals surface area contributed by atoms with Crippen LogP contribution in [0.15, 0.2) is 24.3 Å². The van der Waals surface area contributed by atoms with Gasteiger partial charge in [-0.05, 0) is 43.5 Å². The second kappa shape index (κ2) is 8.95. The van der Waals surface area contributed by atoms with Crippen LogP contribution in [-0.4, -0.2) is 64.1 Å². The third kappa shape index (κ3) is 5.77. The smallest absolute Gasteiger partial charge is 0.229 e. The summed E-state index contributed by atoms with van der Waals surface area (Å²) in [4.78, 5) is 14.1. The van der Waals surface area contributed by atoms with Crippen molar-refractivity contribution >= 4 is 11.6 Å². The Morgan fingerprint density at radius 2 is 1.85 bits per heavy atom. The van der Waals surface area contributed by atoms with E-state index in [0.29, 0.717) is 13.0 Å². The molecule has 6 nitrogen and oxygen atoms in total. The van der Waals surface area contributed by atoms with Crippen LogP contribution in [0.4, 0.5) is 5.69 Å². The van der Waals surface area contributed by atoms with Crippen LogP contribution < -0.4 is 5.32 Å². The summed E-state index contributed by atoms with van der Waals surface area (Å²) in [5.41, 5.74) is 1.55. The number of rotatable bonds is 6. The number of β-amino-alcohol motifs (C(OH)–C–C–N with tert-alkyl or cyclic N) is 1. The number of hydrogen-bond donors (Lipinski definition) is 4. The lowest BCUT2D eigenvalue weighted by Gasteiger charge is -2.39. The first-order chi connectivity index (χ1) is 12.2. The van der Waals surface area contributed by atoms with E-state index in [-0.39, 0.29) is 18.6 Å². The molecule has 0 aromatic heterocycles. The predicted octanol–water partition coefficient (Wildman–Crippen LogP) is 1.39. The van der Waals surface area contributed by atoms with Crippen molar-refractivity contribution in [3.8, 4) is 0 Å². The van der Waals surface area contributed by atoms with Crippen LogP contribution in [0.5, 0.6) is 0 Å². The molecule has 6 heteroatoms. The number of nitrogens with zero attached hydrogens (tertiary/aromatic N) is 1. The van der Waals surface area contributed by atoms with Crippen LogP contribution in [0.25, 0.3) is 0 Å². The Kier molecular flexibility index (Phi) is 7.17. The highest BCUT2D eigenvalue weighted by Gasteiger charge is 2.32. The van der Waals surface area contributed by atoms with Crippen molar-refractivity contribution < 1.29 is 20.1 Å². The summed E-state index contributed by atoms with van der Waals surface area (Å²) in [6.45, 7) is 6.79. The summed E-state index contributed by atoms with van der Waals surface area (Å²) in [6.07, 6.45) is 0.677. The zero-order chi connectivity index (χ0) is 19.3. The van der Waals surface area contributed by atoms with Crippen molar-refractivity contribution in [1.82, 2.24) is 4.90 Å². The van der Waals surface area contributed by atoms with Crippen molar-refractivity contribution in [2.75, 3.05) is 25.0 Å². The molecule has 3 atom stereocenters. The second-order valence-corrected chi connectivity index (χ2v) is 8.21. The predicted molar refractivity (Wildman–Crippen MR) is 102 cm³/mol. The molecule has 2 rings (SSSR count). The number of aliphatic hydroxyl groups excluding tert-OH is 3. The zero-order valence-corrected chi connectivity index (χ0v) is 16.0. The van der Waals surface area contributed by atoms with E-state index in [9.17, 15) is 20.1 Å². The Balaban J connectivity index is 1.81. The molecular formula is C20H32N2O4. The van der Waals surface area contributed by atoms with Crippen LogP contribution in [0, 0.1) is 5.41 Å². The molecule has 1 aromatic rings. The van der Waals surface area contributed by atoms with Gasteiger partial charge < -0.3 is 20.6 Å². The van der Waals surface area contributed by atoms with Crippen molar-refractivity contribution in [2.24, 2.45) is 5.41 Å². The summed E-state index contributed by atoms with van der Waals surface area (Å²) in [6, 6.07) is 7.75. The Morgan fingerprint density at radius 3 is 2.42 bits per heavy atom. The van der Waals surface area contributed by atoms with E-state index in [0.717, 1.165) is 25.1 Å². The normalized spacial score (nSPS) is 24.5. The van der Waals surface area contributed by atoms with E-state index < -0.39 is 17.6 Å². The molecular weight excluding hydrogens is 332 g/mol. The summed E-state index contributed by atoms with van der Waals surface area (Å²) in [5.74, 6) is -0.00820. The maximum atomic E-state index is 12.0. The zero-order valence-electron chi connectivity index (χ0n) is 16.0.